The van der Waals surface area contributed by atoms with Crippen molar-refractivity contribution in [2.45, 2.75) is 39.2 Å². The van der Waals surface area contributed by atoms with Gasteiger partial charge in [0.2, 0.25) is 0 Å². The minimum Gasteiger partial charge on any atom is -0.469 e. The third-order valence-electron chi connectivity index (χ3n) is 3.98. The fourth-order valence-electron chi connectivity index (χ4n) is 2.51. The van der Waals surface area contributed by atoms with E-state index in [2.05, 4.69) is 21.7 Å². The van der Waals surface area contributed by atoms with E-state index >= 15 is 0 Å². The van der Waals surface area contributed by atoms with E-state index in [4.69, 9.17) is 0 Å². The van der Waals surface area contributed by atoms with Gasteiger partial charge in [0, 0.05) is 32.1 Å². The number of esters is 1. The van der Waals surface area contributed by atoms with Crippen molar-refractivity contribution in [3.05, 3.63) is 22.6 Å². The summed E-state index contributed by atoms with van der Waals surface area (Å²) in [5, 5.41) is 4.21. The van der Waals surface area contributed by atoms with Gasteiger partial charge in [-0.1, -0.05) is 6.92 Å². The van der Waals surface area contributed by atoms with Crippen LogP contribution in [0.25, 0.3) is 0 Å². The average Bonchev–Trinajstić information content (AvgIpc) is 2.49. The van der Waals surface area contributed by atoms with Crippen molar-refractivity contribution in [1.82, 2.24) is 9.78 Å². The van der Waals surface area contributed by atoms with E-state index in [9.17, 15) is 9.59 Å². The molecule has 1 saturated heterocycles. The molecule has 1 aliphatic heterocycles. The van der Waals surface area contributed by atoms with Crippen LogP contribution in [0.15, 0.2) is 17.1 Å². The zero-order chi connectivity index (χ0) is 15.2. The zero-order valence-corrected chi connectivity index (χ0v) is 12.7. The fraction of sp³-hybridized carbons (Fsp3) is 0.667. The van der Waals surface area contributed by atoms with Crippen molar-refractivity contribution in [2.75, 3.05) is 25.1 Å². The van der Waals surface area contributed by atoms with Crippen molar-refractivity contribution >= 4 is 11.7 Å². The lowest BCUT2D eigenvalue weighted by Crippen LogP contribution is -2.34. The molecule has 0 spiro atoms. The van der Waals surface area contributed by atoms with Crippen LogP contribution in [0.2, 0.25) is 0 Å². The second kappa shape index (κ2) is 7.24. The molecule has 2 rings (SSSR count). The first-order valence-corrected chi connectivity index (χ1v) is 7.49. The maximum absolute atomic E-state index is 12.0. The summed E-state index contributed by atoms with van der Waals surface area (Å²) < 4.78 is 5.97. The Morgan fingerprint density at radius 3 is 2.76 bits per heavy atom. The molecular formula is C15H23N3O3. The van der Waals surface area contributed by atoms with Crippen LogP contribution in [-0.2, 0) is 16.1 Å². The fourth-order valence-corrected chi connectivity index (χ4v) is 2.51. The number of aromatic nitrogens is 2. The van der Waals surface area contributed by atoms with Gasteiger partial charge in [0.05, 0.1) is 19.0 Å². The van der Waals surface area contributed by atoms with E-state index in [1.165, 1.54) is 11.8 Å². The van der Waals surface area contributed by atoms with Gasteiger partial charge in [0.15, 0.2) is 0 Å². The first-order valence-electron chi connectivity index (χ1n) is 7.49. The topological polar surface area (TPSA) is 64.4 Å². The van der Waals surface area contributed by atoms with Crippen LogP contribution in [0.5, 0.6) is 0 Å². The molecule has 0 bridgehead atoms. The number of piperidine rings is 1. The van der Waals surface area contributed by atoms with Crippen LogP contribution in [0.4, 0.5) is 5.69 Å². The van der Waals surface area contributed by atoms with E-state index in [1.807, 2.05) is 0 Å². The molecule has 6 heteroatoms. The quantitative estimate of drug-likeness (QED) is 0.769. The smallest absolute Gasteiger partial charge is 0.305 e. The summed E-state index contributed by atoms with van der Waals surface area (Å²) in [6, 6.07) is 1.64. The Morgan fingerprint density at radius 2 is 2.14 bits per heavy atom. The van der Waals surface area contributed by atoms with E-state index in [1.54, 1.807) is 12.3 Å². The summed E-state index contributed by atoms with van der Waals surface area (Å²) in [4.78, 5) is 25.3. The van der Waals surface area contributed by atoms with Gasteiger partial charge >= 0.3 is 5.97 Å². The number of carbonyl (C=O) groups excluding carboxylic acids is 1. The zero-order valence-electron chi connectivity index (χ0n) is 12.7. The Labute approximate surface area is 124 Å². The number of hydrogen-bond donors (Lipinski definition) is 0. The Hall–Kier alpha value is -1.85. The molecule has 0 atom stereocenters. The van der Waals surface area contributed by atoms with Gasteiger partial charge in [0.1, 0.15) is 0 Å². The van der Waals surface area contributed by atoms with Gasteiger partial charge in [-0.2, -0.15) is 5.10 Å². The maximum Gasteiger partial charge on any atom is 0.305 e. The summed E-state index contributed by atoms with van der Waals surface area (Å²) in [6.07, 6.45) is 4.91. The van der Waals surface area contributed by atoms with Crippen LogP contribution in [0, 0.1) is 5.92 Å². The lowest BCUT2D eigenvalue weighted by atomic mass is 9.99. The van der Waals surface area contributed by atoms with Crippen LogP contribution in [0.1, 0.15) is 32.6 Å². The van der Waals surface area contributed by atoms with Crippen molar-refractivity contribution in [3.63, 3.8) is 0 Å². The predicted octanol–water partition coefficient (Wildman–Crippen LogP) is 1.43. The normalized spacial score (nSPS) is 16.0. The number of rotatable bonds is 5. The summed E-state index contributed by atoms with van der Waals surface area (Å²) in [5.74, 6) is 0.495. The number of methoxy groups -OCH3 is 1. The molecule has 1 fully saturated rings. The number of anilines is 1. The second-order valence-electron chi connectivity index (χ2n) is 5.62. The number of aryl methyl sites for hydroxylation is 1. The standard InChI is InChI=1S/C15H23N3O3/c1-12-5-8-17(9-6-12)13-10-14(19)18(16-11-13)7-3-4-15(20)21-2/h10-12H,3-9H2,1-2H3. The number of carbonyl (C=O) groups is 1. The number of hydrogen-bond acceptors (Lipinski definition) is 5. The highest BCUT2D eigenvalue weighted by atomic mass is 16.5. The highest BCUT2D eigenvalue weighted by Crippen LogP contribution is 2.20. The number of ether oxygens (including phenoxy) is 1. The predicted molar refractivity (Wildman–Crippen MR) is 80.4 cm³/mol. The van der Waals surface area contributed by atoms with Crippen LogP contribution >= 0.6 is 0 Å². The molecule has 21 heavy (non-hydrogen) atoms. The van der Waals surface area contributed by atoms with Gasteiger partial charge in [0.25, 0.3) is 5.56 Å². The minimum atomic E-state index is -0.262. The molecule has 0 unspecified atom stereocenters. The molecular weight excluding hydrogens is 270 g/mol. The van der Waals surface area contributed by atoms with Crippen molar-refractivity contribution in [2.24, 2.45) is 5.92 Å². The Morgan fingerprint density at radius 1 is 1.43 bits per heavy atom. The van der Waals surface area contributed by atoms with Gasteiger partial charge < -0.3 is 9.64 Å². The number of nitrogens with zero attached hydrogens (tertiary/aromatic N) is 3. The Balaban J connectivity index is 1.94. The van der Waals surface area contributed by atoms with Gasteiger partial charge in [-0.3, -0.25) is 9.59 Å². The molecule has 2 heterocycles. The first-order chi connectivity index (χ1) is 10.1. The largest absolute Gasteiger partial charge is 0.469 e. The Kier molecular flexibility index (Phi) is 5.36. The molecule has 0 aliphatic carbocycles. The molecule has 0 aromatic carbocycles. The SMILES string of the molecule is COC(=O)CCCn1ncc(N2CCC(C)CC2)cc1=O. The molecule has 1 aliphatic rings. The molecule has 0 radical (unpaired) electrons. The maximum atomic E-state index is 12.0. The van der Waals surface area contributed by atoms with Crippen LogP contribution in [-0.4, -0.2) is 35.9 Å². The van der Waals surface area contributed by atoms with E-state index < -0.39 is 0 Å². The molecule has 1 aromatic heterocycles. The summed E-state index contributed by atoms with van der Waals surface area (Å²) in [6.45, 7) is 4.66. The molecule has 0 N–H and O–H groups in total. The lowest BCUT2D eigenvalue weighted by molar-refractivity contribution is -0.140. The van der Waals surface area contributed by atoms with Gasteiger partial charge in [-0.15, -0.1) is 0 Å². The van der Waals surface area contributed by atoms with Crippen molar-refractivity contribution < 1.29 is 9.53 Å². The molecule has 116 valence electrons. The summed E-state index contributed by atoms with van der Waals surface area (Å²) in [7, 11) is 1.36. The van der Waals surface area contributed by atoms with Crippen LogP contribution < -0.4 is 10.5 Å². The second-order valence-corrected chi connectivity index (χ2v) is 5.62. The van der Waals surface area contributed by atoms with E-state index in [0.29, 0.717) is 19.4 Å². The van der Waals surface area contributed by atoms with Gasteiger partial charge in [-0.25, -0.2) is 4.68 Å². The highest BCUT2D eigenvalue weighted by Gasteiger charge is 2.16. The minimum absolute atomic E-state index is 0.115. The summed E-state index contributed by atoms with van der Waals surface area (Å²) in [5.41, 5.74) is 0.784. The van der Waals surface area contributed by atoms with Crippen molar-refractivity contribution in [3.8, 4) is 0 Å². The van der Waals surface area contributed by atoms with E-state index in [0.717, 1.165) is 37.5 Å². The third kappa shape index (κ3) is 4.31. The average molecular weight is 293 g/mol. The summed E-state index contributed by atoms with van der Waals surface area (Å²) >= 11 is 0. The van der Waals surface area contributed by atoms with E-state index in [-0.39, 0.29) is 11.5 Å². The molecule has 0 saturated carbocycles. The first kappa shape index (κ1) is 15.5. The lowest BCUT2D eigenvalue weighted by Gasteiger charge is -2.31. The Bertz CT molecular complexity index is 533. The highest BCUT2D eigenvalue weighted by molar-refractivity contribution is 5.68. The monoisotopic (exact) mass is 293 g/mol. The molecule has 1 aromatic rings. The van der Waals surface area contributed by atoms with Gasteiger partial charge in [-0.05, 0) is 25.2 Å². The van der Waals surface area contributed by atoms with Crippen LogP contribution in [0.3, 0.4) is 0 Å². The molecule has 6 nitrogen and oxygen atoms in total. The third-order valence-corrected chi connectivity index (χ3v) is 3.98. The molecule has 0 amide bonds. The van der Waals surface area contributed by atoms with Crippen molar-refractivity contribution in [1.29, 1.82) is 0 Å².